The molecule has 1 unspecified atom stereocenters. The highest BCUT2D eigenvalue weighted by Gasteiger charge is 2.06. The lowest BCUT2D eigenvalue weighted by atomic mass is 10.3. The number of nitrogens with zero attached hydrogens (tertiary/aromatic N) is 2. The topological polar surface area (TPSA) is 38.0 Å². The molecule has 0 aliphatic heterocycles. The summed E-state index contributed by atoms with van der Waals surface area (Å²) in [5.74, 6) is 0. The second-order valence-electron chi connectivity index (χ2n) is 2.10. The van der Waals surface area contributed by atoms with Crippen LogP contribution in [0.4, 0.5) is 0 Å². The molecule has 1 aromatic rings. The van der Waals surface area contributed by atoms with Crippen molar-refractivity contribution in [3.8, 4) is 0 Å². The molecule has 1 atom stereocenters. The first-order valence-corrected chi connectivity index (χ1v) is 4.22. The lowest BCUT2D eigenvalue weighted by molar-refractivity contribution is 0.301. The molecule has 0 aliphatic carbocycles. The van der Waals surface area contributed by atoms with Gasteiger partial charge in [-0.2, -0.15) is 5.10 Å². The Morgan fingerprint density at radius 2 is 2.60 bits per heavy atom. The van der Waals surface area contributed by atoms with Crippen LogP contribution in [0.3, 0.4) is 0 Å². The monoisotopic (exact) mass is 252 g/mol. The summed E-state index contributed by atoms with van der Waals surface area (Å²) in [5, 5.41) is 12.7. The van der Waals surface area contributed by atoms with Crippen LogP contribution in [0.25, 0.3) is 0 Å². The van der Waals surface area contributed by atoms with Crippen LogP contribution in [-0.2, 0) is 7.05 Å². The smallest absolute Gasteiger partial charge is 0.0621 e. The van der Waals surface area contributed by atoms with Crippen molar-refractivity contribution in [1.82, 2.24) is 9.78 Å². The lowest BCUT2D eigenvalue weighted by Crippen LogP contribution is -1.92. The molecule has 0 aromatic carbocycles. The Hall–Kier alpha value is -0.100. The SMILES string of the molecule is Cn1cc(C(I)CO)cn1. The van der Waals surface area contributed by atoms with Crippen molar-refractivity contribution < 1.29 is 5.11 Å². The van der Waals surface area contributed by atoms with Crippen molar-refractivity contribution in [2.45, 2.75) is 3.92 Å². The van der Waals surface area contributed by atoms with Gasteiger partial charge in [0.1, 0.15) is 0 Å². The fourth-order valence-electron chi connectivity index (χ4n) is 0.707. The highest BCUT2D eigenvalue weighted by Crippen LogP contribution is 2.20. The first-order chi connectivity index (χ1) is 4.74. The van der Waals surface area contributed by atoms with Crippen LogP contribution in [0, 0.1) is 0 Å². The summed E-state index contributed by atoms with van der Waals surface area (Å²) >= 11 is 2.18. The average molecular weight is 252 g/mol. The van der Waals surface area contributed by atoms with Crippen LogP contribution in [0.1, 0.15) is 9.49 Å². The van der Waals surface area contributed by atoms with Gasteiger partial charge in [0.15, 0.2) is 0 Å². The van der Waals surface area contributed by atoms with E-state index in [4.69, 9.17) is 5.11 Å². The van der Waals surface area contributed by atoms with Gasteiger partial charge in [-0.15, -0.1) is 0 Å². The number of hydrogen-bond acceptors (Lipinski definition) is 2. The summed E-state index contributed by atoms with van der Waals surface area (Å²) in [6.07, 6.45) is 3.68. The highest BCUT2D eigenvalue weighted by atomic mass is 127. The van der Waals surface area contributed by atoms with Gasteiger partial charge in [0.05, 0.1) is 16.7 Å². The van der Waals surface area contributed by atoms with Crippen LogP contribution in [0.5, 0.6) is 0 Å². The summed E-state index contributed by atoms with van der Waals surface area (Å²) in [5.41, 5.74) is 1.07. The Balaban J connectivity index is 2.74. The number of aryl methyl sites for hydroxylation is 1. The molecule has 1 rings (SSSR count). The van der Waals surface area contributed by atoms with Crippen molar-refractivity contribution in [3.63, 3.8) is 0 Å². The fourth-order valence-corrected chi connectivity index (χ4v) is 1.03. The molecule has 1 aromatic heterocycles. The van der Waals surface area contributed by atoms with Crippen molar-refractivity contribution >= 4 is 22.6 Å². The van der Waals surface area contributed by atoms with E-state index in [9.17, 15) is 0 Å². The second-order valence-corrected chi connectivity index (χ2v) is 3.60. The molecule has 10 heavy (non-hydrogen) atoms. The lowest BCUT2D eigenvalue weighted by Gasteiger charge is -1.99. The van der Waals surface area contributed by atoms with Gasteiger partial charge in [-0.1, -0.05) is 22.6 Å². The third-order valence-corrected chi connectivity index (χ3v) is 2.36. The summed E-state index contributed by atoms with van der Waals surface area (Å²) in [7, 11) is 1.87. The number of aromatic nitrogens is 2. The summed E-state index contributed by atoms with van der Waals surface area (Å²) in [6.45, 7) is 0.173. The molecule has 0 aliphatic rings. The standard InChI is InChI=1S/C6H9IN2O/c1-9-3-5(2-8-9)6(7)4-10/h2-3,6,10H,4H2,1H3. The number of aliphatic hydroxyl groups is 1. The molecular formula is C6H9IN2O. The summed E-state index contributed by atoms with van der Waals surface area (Å²) in [6, 6.07) is 0. The molecule has 0 amide bonds. The molecular weight excluding hydrogens is 243 g/mol. The van der Waals surface area contributed by atoms with Gasteiger partial charge in [-0.05, 0) is 0 Å². The molecule has 56 valence electrons. The van der Waals surface area contributed by atoms with E-state index in [1.165, 1.54) is 0 Å². The molecule has 0 fully saturated rings. The molecule has 4 heteroatoms. The van der Waals surface area contributed by atoms with Crippen LogP contribution in [0.15, 0.2) is 12.4 Å². The largest absolute Gasteiger partial charge is 0.395 e. The molecule has 1 heterocycles. The van der Waals surface area contributed by atoms with Crippen LogP contribution in [0.2, 0.25) is 0 Å². The fraction of sp³-hybridized carbons (Fsp3) is 0.500. The normalized spacial score (nSPS) is 13.5. The zero-order chi connectivity index (χ0) is 7.56. The summed E-state index contributed by atoms with van der Waals surface area (Å²) in [4.78, 5) is 0. The summed E-state index contributed by atoms with van der Waals surface area (Å²) < 4.78 is 1.91. The molecule has 0 radical (unpaired) electrons. The van der Waals surface area contributed by atoms with E-state index in [2.05, 4.69) is 27.7 Å². The van der Waals surface area contributed by atoms with E-state index in [1.54, 1.807) is 10.9 Å². The highest BCUT2D eigenvalue weighted by molar-refractivity contribution is 14.1. The second kappa shape index (κ2) is 3.34. The molecule has 0 saturated heterocycles. The predicted molar refractivity (Wildman–Crippen MR) is 47.1 cm³/mol. The number of aliphatic hydroxyl groups excluding tert-OH is 1. The van der Waals surface area contributed by atoms with Gasteiger partial charge in [0.2, 0.25) is 0 Å². The maximum absolute atomic E-state index is 8.75. The maximum Gasteiger partial charge on any atom is 0.0621 e. The van der Waals surface area contributed by atoms with E-state index < -0.39 is 0 Å². The Morgan fingerprint density at radius 1 is 1.90 bits per heavy atom. The molecule has 0 spiro atoms. The van der Waals surface area contributed by atoms with Crippen LogP contribution >= 0.6 is 22.6 Å². The van der Waals surface area contributed by atoms with E-state index in [1.807, 2.05) is 13.2 Å². The number of hydrogen-bond donors (Lipinski definition) is 1. The number of alkyl halides is 1. The van der Waals surface area contributed by atoms with Gasteiger partial charge in [0.25, 0.3) is 0 Å². The van der Waals surface area contributed by atoms with Gasteiger partial charge in [0, 0.05) is 18.8 Å². The van der Waals surface area contributed by atoms with Gasteiger partial charge >= 0.3 is 0 Å². The van der Waals surface area contributed by atoms with Gasteiger partial charge in [-0.3, -0.25) is 4.68 Å². The molecule has 0 bridgehead atoms. The first-order valence-electron chi connectivity index (χ1n) is 2.97. The van der Waals surface area contributed by atoms with E-state index in [-0.39, 0.29) is 10.5 Å². The number of halogens is 1. The molecule has 1 N–H and O–H groups in total. The Kier molecular flexibility index (Phi) is 2.67. The van der Waals surface area contributed by atoms with Gasteiger partial charge in [-0.25, -0.2) is 0 Å². The zero-order valence-electron chi connectivity index (χ0n) is 5.66. The minimum atomic E-state index is 0.172. The number of rotatable bonds is 2. The van der Waals surface area contributed by atoms with Crippen LogP contribution < -0.4 is 0 Å². The Bertz CT molecular complexity index is 211. The van der Waals surface area contributed by atoms with Crippen molar-refractivity contribution in [1.29, 1.82) is 0 Å². The predicted octanol–water partition coefficient (Wildman–Crippen LogP) is 0.888. The van der Waals surface area contributed by atoms with Crippen molar-refractivity contribution in [3.05, 3.63) is 18.0 Å². The van der Waals surface area contributed by atoms with E-state index >= 15 is 0 Å². The third-order valence-electron chi connectivity index (χ3n) is 1.25. The van der Waals surface area contributed by atoms with Crippen LogP contribution in [-0.4, -0.2) is 21.5 Å². The quantitative estimate of drug-likeness (QED) is 0.627. The average Bonchev–Trinajstić information content (AvgIpc) is 2.34. The molecule has 0 saturated carbocycles. The molecule has 3 nitrogen and oxygen atoms in total. The zero-order valence-corrected chi connectivity index (χ0v) is 7.82. The third kappa shape index (κ3) is 1.69. The van der Waals surface area contributed by atoms with Gasteiger partial charge < -0.3 is 5.11 Å². The van der Waals surface area contributed by atoms with Crippen molar-refractivity contribution in [2.24, 2.45) is 7.05 Å². The minimum Gasteiger partial charge on any atom is -0.395 e. The van der Waals surface area contributed by atoms with E-state index in [0.29, 0.717) is 0 Å². The maximum atomic E-state index is 8.75. The minimum absolute atomic E-state index is 0.172. The Morgan fingerprint density at radius 3 is 3.00 bits per heavy atom. The first kappa shape index (κ1) is 8.00. The van der Waals surface area contributed by atoms with E-state index in [0.717, 1.165) is 5.56 Å². The Labute approximate surface area is 73.2 Å². The van der Waals surface area contributed by atoms with Crippen molar-refractivity contribution in [2.75, 3.05) is 6.61 Å².